The molecular formula is C12H9N3O2S. The molecule has 0 saturated heterocycles. The van der Waals surface area contributed by atoms with Gasteiger partial charge in [0.1, 0.15) is 0 Å². The van der Waals surface area contributed by atoms with E-state index in [9.17, 15) is 4.79 Å². The van der Waals surface area contributed by atoms with Gasteiger partial charge >= 0.3 is 5.97 Å². The van der Waals surface area contributed by atoms with Gasteiger partial charge in [-0.25, -0.2) is 4.79 Å². The molecule has 18 heavy (non-hydrogen) atoms. The van der Waals surface area contributed by atoms with E-state index in [1.54, 1.807) is 28.0 Å². The first kappa shape index (κ1) is 10.9. The molecule has 0 aliphatic rings. The fourth-order valence-electron chi connectivity index (χ4n) is 1.75. The highest BCUT2D eigenvalue weighted by Gasteiger charge is 2.11. The number of hydrogen-bond acceptors (Lipinski definition) is 4. The molecule has 0 aromatic carbocycles. The number of carboxylic acid groups (broad SMARTS) is 1. The van der Waals surface area contributed by atoms with Crippen molar-refractivity contribution in [3.63, 3.8) is 0 Å². The topological polar surface area (TPSA) is 67.5 Å². The maximum atomic E-state index is 10.9. The number of carboxylic acids is 1. The molecule has 0 aliphatic heterocycles. The summed E-state index contributed by atoms with van der Waals surface area (Å²) in [6.07, 6.45) is 1.68. The highest BCUT2D eigenvalue weighted by Crippen LogP contribution is 2.26. The molecule has 6 heteroatoms. The Labute approximate surface area is 106 Å². The van der Waals surface area contributed by atoms with Gasteiger partial charge in [-0.3, -0.25) is 4.40 Å². The van der Waals surface area contributed by atoms with Crippen LogP contribution in [0.25, 0.3) is 16.3 Å². The third-order valence-corrected chi connectivity index (χ3v) is 3.61. The van der Waals surface area contributed by atoms with Gasteiger partial charge in [-0.2, -0.15) is 0 Å². The quantitative estimate of drug-likeness (QED) is 0.767. The molecule has 3 heterocycles. The largest absolute Gasteiger partial charge is 0.478 e. The molecular weight excluding hydrogens is 250 g/mol. The van der Waals surface area contributed by atoms with E-state index in [0.717, 1.165) is 10.7 Å². The van der Waals surface area contributed by atoms with Gasteiger partial charge in [-0.05, 0) is 31.2 Å². The fourth-order valence-corrected chi connectivity index (χ4v) is 2.60. The van der Waals surface area contributed by atoms with E-state index in [-0.39, 0.29) is 5.56 Å². The summed E-state index contributed by atoms with van der Waals surface area (Å²) in [6, 6.07) is 7.07. The van der Waals surface area contributed by atoms with E-state index in [0.29, 0.717) is 5.65 Å². The summed E-state index contributed by atoms with van der Waals surface area (Å²) in [5.74, 6) is -0.228. The van der Waals surface area contributed by atoms with Crippen molar-refractivity contribution >= 4 is 23.0 Å². The minimum Gasteiger partial charge on any atom is -0.478 e. The SMILES string of the molecule is Cc1ccc(-c2nnc3cc(C(=O)O)ccn23)s1. The smallest absolute Gasteiger partial charge is 0.335 e. The van der Waals surface area contributed by atoms with Crippen molar-refractivity contribution in [3.05, 3.63) is 40.9 Å². The molecule has 3 rings (SSSR count). The molecule has 0 radical (unpaired) electrons. The number of aryl methyl sites for hydroxylation is 1. The first-order chi connectivity index (χ1) is 8.65. The van der Waals surface area contributed by atoms with Crippen molar-refractivity contribution in [2.45, 2.75) is 6.92 Å². The van der Waals surface area contributed by atoms with Crippen molar-refractivity contribution in [2.24, 2.45) is 0 Å². The zero-order valence-electron chi connectivity index (χ0n) is 9.49. The van der Waals surface area contributed by atoms with Crippen LogP contribution in [0.2, 0.25) is 0 Å². The number of aromatic nitrogens is 3. The summed E-state index contributed by atoms with van der Waals surface area (Å²) >= 11 is 1.63. The summed E-state index contributed by atoms with van der Waals surface area (Å²) in [5.41, 5.74) is 0.750. The molecule has 3 aromatic heterocycles. The lowest BCUT2D eigenvalue weighted by atomic mass is 10.2. The van der Waals surface area contributed by atoms with Gasteiger partial charge in [0.15, 0.2) is 11.5 Å². The molecule has 0 saturated carbocycles. The normalized spacial score (nSPS) is 10.9. The number of aromatic carboxylic acids is 1. The van der Waals surface area contributed by atoms with Gasteiger partial charge in [0, 0.05) is 11.1 Å². The number of hydrogen-bond donors (Lipinski definition) is 1. The van der Waals surface area contributed by atoms with Crippen molar-refractivity contribution in [2.75, 3.05) is 0 Å². The fraction of sp³-hybridized carbons (Fsp3) is 0.0833. The number of pyridine rings is 1. The van der Waals surface area contributed by atoms with Gasteiger partial charge in [-0.1, -0.05) is 0 Å². The summed E-state index contributed by atoms with van der Waals surface area (Å²) in [6.45, 7) is 2.03. The minimum absolute atomic E-state index is 0.212. The van der Waals surface area contributed by atoms with Gasteiger partial charge in [0.25, 0.3) is 0 Å². The van der Waals surface area contributed by atoms with E-state index < -0.39 is 5.97 Å². The van der Waals surface area contributed by atoms with Crippen LogP contribution in [0.15, 0.2) is 30.5 Å². The molecule has 0 amide bonds. The molecule has 0 aliphatic carbocycles. The third kappa shape index (κ3) is 1.67. The summed E-state index contributed by atoms with van der Waals surface area (Å²) in [5, 5.41) is 17.0. The highest BCUT2D eigenvalue weighted by atomic mass is 32.1. The van der Waals surface area contributed by atoms with Crippen molar-refractivity contribution in [1.29, 1.82) is 0 Å². The molecule has 90 valence electrons. The highest BCUT2D eigenvalue weighted by molar-refractivity contribution is 7.15. The Kier molecular flexibility index (Phi) is 2.38. The van der Waals surface area contributed by atoms with Crippen LogP contribution in [0, 0.1) is 6.92 Å². The Hall–Kier alpha value is -2.21. The number of nitrogens with zero attached hydrogens (tertiary/aromatic N) is 3. The first-order valence-electron chi connectivity index (χ1n) is 5.30. The average Bonchev–Trinajstić information content (AvgIpc) is 2.93. The van der Waals surface area contributed by atoms with Crippen LogP contribution in [-0.2, 0) is 0 Å². The summed E-state index contributed by atoms with van der Waals surface area (Å²) in [7, 11) is 0. The second-order valence-corrected chi connectivity index (χ2v) is 5.17. The minimum atomic E-state index is -0.964. The Morgan fingerprint density at radius 1 is 1.33 bits per heavy atom. The standard InChI is InChI=1S/C12H9N3O2S/c1-7-2-3-9(18-7)11-14-13-10-6-8(12(16)17)4-5-15(10)11/h2-6H,1H3,(H,16,17). The van der Waals surface area contributed by atoms with Crippen LogP contribution in [0.4, 0.5) is 0 Å². The molecule has 1 N–H and O–H groups in total. The number of thiophene rings is 1. The maximum Gasteiger partial charge on any atom is 0.335 e. The Morgan fingerprint density at radius 3 is 2.83 bits per heavy atom. The van der Waals surface area contributed by atoms with Crippen molar-refractivity contribution in [1.82, 2.24) is 14.6 Å². The lowest BCUT2D eigenvalue weighted by Gasteiger charge is -1.98. The third-order valence-electron chi connectivity index (χ3n) is 2.62. The van der Waals surface area contributed by atoms with E-state index in [2.05, 4.69) is 10.2 Å². The van der Waals surface area contributed by atoms with Crippen LogP contribution < -0.4 is 0 Å². The second-order valence-electron chi connectivity index (χ2n) is 3.88. The molecule has 0 spiro atoms. The lowest BCUT2D eigenvalue weighted by Crippen LogP contribution is -1.97. The second kappa shape index (κ2) is 3.92. The van der Waals surface area contributed by atoms with E-state index in [1.807, 2.05) is 19.1 Å². The van der Waals surface area contributed by atoms with Crippen LogP contribution in [0.1, 0.15) is 15.2 Å². The average molecular weight is 259 g/mol. The number of carbonyl (C=O) groups is 1. The molecule has 0 bridgehead atoms. The van der Waals surface area contributed by atoms with E-state index in [4.69, 9.17) is 5.11 Å². The summed E-state index contributed by atoms with van der Waals surface area (Å²) < 4.78 is 1.79. The first-order valence-corrected chi connectivity index (χ1v) is 6.12. The van der Waals surface area contributed by atoms with Crippen LogP contribution >= 0.6 is 11.3 Å². The van der Waals surface area contributed by atoms with Gasteiger partial charge in [-0.15, -0.1) is 21.5 Å². The molecule has 5 nitrogen and oxygen atoms in total. The Bertz CT molecular complexity index is 745. The van der Waals surface area contributed by atoms with Crippen molar-refractivity contribution in [3.8, 4) is 10.7 Å². The maximum absolute atomic E-state index is 10.9. The predicted molar refractivity (Wildman–Crippen MR) is 68.0 cm³/mol. The van der Waals surface area contributed by atoms with Gasteiger partial charge in [0.05, 0.1) is 10.4 Å². The van der Waals surface area contributed by atoms with E-state index >= 15 is 0 Å². The molecule has 0 unspecified atom stereocenters. The van der Waals surface area contributed by atoms with Crippen LogP contribution in [0.3, 0.4) is 0 Å². The zero-order chi connectivity index (χ0) is 12.7. The number of fused-ring (bicyclic) bond motifs is 1. The number of rotatable bonds is 2. The van der Waals surface area contributed by atoms with E-state index in [1.165, 1.54) is 10.9 Å². The lowest BCUT2D eigenvalue weighted by molar-refractivity contribution is 0.0697. The molecule has 0 atom stereocenters. The zero-order valence-corrected chi connectivity index (χ0v) is 10.3. The molecule has 0 fully saturated rings. The van der Waals surface area contributed by atoms with Crippen LogP contribution in [0.5, 0.6) is 0 Å². The van der Waals surface area contributed by atoms with Crippen molar-refractivity contribution < 1.29 is 9.90 Å². The summed E-state index contributed by atoms with van der Waals surface area (Å²) in [4.78, 5) is 13.1. The molecule has 3 aromatic rings. The Balaban J connectivity index is 2.18. The predicted octanol–water partition coefficient (Wildman–Crippen LogP) is 2.46. The van der Waals surface area contributed by atoms with Gasteiger partial charge < -0.3 is 5.11 Å². The van der Waals surface area contributed by atoms with Crippen LogP contribution in [-0.4, -0.2) is 25.7 Å². The monoisotopic (exact) mass is 259 g/mol. The van der Waals surface area contributed by atoms with Gasteiger partial charge in [0.2, 0.25) is 0 Å². The Morgan fingerprint density at radius 2 is 2.17 bits per heavy atom.